The van der Waals surface area contributed by atoms with E-state index < -0.39 is 10.0 Å². The van der Waals surface area contributed by atoms with E-state index in [0.717, 1.165) is 45.1 Å². The second kappa shape index (κ2) is 9.91. The van der Waals surface area contributed by atoms with Crippen molar-refractivity contribution in [2.45, 2.75) is 55.5 Å². The van der Waals surface area contributed by atoms with Gasteiger partial charge in [-0.15, -0.1) is 12.4 Å². The van der Waals surface area contributed by atoms with Crippen LogP contribution in [-0.2, 0) is 10.0 Å². The number of likely N-dealkylation sites (N-methyl/N-ethyl adjacent to an activating group) is 1. The molecule has 0 aromatic heterocycles. The molecule has 1 saturated heterocycles. The zero-order valence-corrected chi connectivity index (χ0v) is 18.1. The average Bonchev–Trinajstić information content (AvgIpc) is 3.32. The smallest absolute Gasteiger partial charge is 0.254 e. The molecule has 0 spiro atoms. The van der Waals surface area contributed by atoms with Crippen LogP contribution in [0.4, 0.5) is 0 Å². The Hall–Kier alpha value is -1.35. The topological polar surface area (TPSA) is 87.7 Å². The number of nitrogens with one attached hydrogen (secondary N) is 2. The number of rotatable bonds is 7. The van der Waals surface area contributed by atoms with Gasteiger partial charge in [0, 0.05) is 30.7 Å². The number of methoxy groups -OCH3 is 1. The fraction of sp³-hybridized carbons (Fsp3) is 0.632. The van der Waals surface area contributed by atoms with Crippen LogP contribution in [0.2, 0.25) is 0 Å². The van der Waals surface area contributed by atoms with Gasteiger partial charge in [-0.3, -0.25) is 4.79 Å². The summed E-state index contributed by atoms with van der Waals surface area (Å²) in [6.45, 7) is 1.43. The first-order chi connectivity index (χ1) is 13.0. The van der Waals surface area contributed by atoms with Gasteiger partial charge in [0.15, 0.2) is 0 Å². The van der Waals surface area contributed by atoms with Crippen molar-refractivity contribution in [3.05, 3.63) is 23.8 Å². The van der Waals surface area contributed by atoms with Crippen LogP contribution < -0.4 is 14.8 Å². The van der Waals surface area contributed by atoms with E-state index in [-0.39, 0.29) is 41.0 Å². The Balaban J connectivity index is 0.00000280. The largest absolute Gasteiger partial charge is 0.495 e. The van der Waals surface area contributed by atoms with Crippen molar-refractivity contribution in [3.63, 3.8) is 0 Å². The molecule has 2 N–H and O–H groups in total. The van der Waals surface area contributed by atoms with Gasteiger partial charge in [0.25, 0.3) is 5.91 Å². The molecule has 1 aliphatic carbocycles. The summed E-state index contributed by atoms with van der Waals surface area (Å²) in [5.74, 6) is 0.123. The number of benzene rings is 1. The summed E-state index contributed by atoms with van der Waals surface area (Å²) in [7, 11) is -0.440. The molecule has 3 rings (SSSR count). The molecule has 1 unspecified atom stereocenters. The highest BCUT2D eigenvalue weighted by Gasteiger charge is 2.31. The Morgan fingerprint density at radius 3 is 2.57 bits per heavy atom. The van der Waals surface area contributed by atoms with E-state index in [0.29, 0.717) is 12.1 Å². The van der Waals surface area contributed by atoms with Crippen molar-refractivity contribution in [3.8, 4) is 5.75 Å². The normalized spacial score (nSPS) is 20.2. The first kappa shape index (κ1) is 22.9. The SMILES string of the molecule is CNCC1CCCN1C(=O)c1ccc(OC)c(S(=O)(=O)NC2CCCC2)c1.Cl. The molecule has 2 fully saturated rings. The number of likely N-dealkylation sites (tertiary alicyclic amines) is 1. The predicted octanol–water partition coefficient (Wildman–Crippen LogP) is 2.16. The van der Waals surface area contributed by atoms with Gasteiger partial charge in [0.2, 0.25) is 10.0 Å². The Kier molecular flexibility index (Phi) is 8.12. The van der Waals surface area contributed by atoms with Gasteiger partial charge in [-0.05, 0) is 50.9 Å². The van der Waals surface area contributed by atoms with Crippen molar-refractivity contribution in [2.24, 2.45) is 0 Å². The molecular weight excluding hydrogens is 402 g/mol. The minimum absolute atomic E-state index is 0. The lowest BCUT2D eigenvalue weighted by Gasteiger charge is -2.25. The first-order valence-electron chi connectivity index (χ1n) is 9.62. The van der Waals surface area contributed by atoms with Crippen molar-refractivity contribution >= 4 is 28.3 Å². The molecule has 1 aliphatic heterocycles. The van der Waals surface area contributed by atoms with E-state index in [2.05, 4.69) is 10.0 Å². The summed E-state index contributed by atoms with van der Waals surface area (Å²) in [4.78, 5) is 14.9. The summed E-state index contributed by atoms with van der Waals surface area (Å²) >= 11 is 0. The lowest BCUT2D eigenvalue weighted by Crippen LogP contribution is -2.41. The maximum absolute atomic E-state index is 13.0. The van der Waals surface area contributed by atoms with Gasteiger partial charge in [-0.2, -0.15) is 0 Å². The number of amides is 1. The maximum Gasteiger partial charge on any atom is 0.254 e. The number of hydrogen-bond donors (Lipinski definition) is 2. The molecule has 2 aliphatic rings. The van der Waals surface area contributed by atoms with Gasteiger partial charge in [0.05, 0.1) is 7.11 Å². The highest BCUT2D eigenvalue weighted by molar-refractivity contribution is 7.89. The minimum atomic E-state index is -3.75. The summed E-state index contributed by atoms with van der Waals surface area (Å²) < 4.78 is 33.8. The van der Waals surface area contributed by atoms with Crippen LogP contribution in [-0.4, -0.2) is 58.6 Å². The number of nitrogens with zero attached hydrogens (tertiary/aromatic N) is 1. The third-order valence-corrected chi connectivity index (χ3v) is 7.00. The third-order valence-electron chi connectivity index (χ3n) is 5.45. The molecule has 1 heterocycles. The van der Waals surface area contributed by atoms with Crippen molar-refractivity contribution in [1.82, 2.24) is 14.9 Å². The van der Waals surface area contributed by atoms with Crippen LogP contribution in [0, 0.1) is 0 Å². The first-order valence-corrected chi connectivity index (χ1v) is 11.1. The van der Waals surface area contributed by atoms with Crippen LogP contribution >= 0.6 is 12.4 Å². The number of halogens is 1. The fourth-order valence-electron chi connectivity index (χ4n) is 4.06. The molecule has 9 heteroatoms. The fourth-order valence-corrected chi connectivity index (χ4v) is 5.56. The number of sulfonamides is 1. The van der Waals surface area contributed by atoms with Gasteiger partial charge >= 0.3 is 0 Å². The van der Waals surface area contributed by atoms with Crippen LogP contribution in [0.5, 0.6) is 5.75 Å². The lowest BCUT2D eigenvalue weighted by atomic mass is 10.1. The van der Waals surface area contributed by atoms with E-state index in [1.54, 1.807) is 12.1 Å². The van der Waals surface area contributed by atoms with Gasteiger partial charge in [-0.1, -0.05) is 12.8 Å². The molecule has 28 heavy (non-hydrogen) atoms. The van der Waals surface area contributed by atoms with E-state index in [1.165, 1.54) is 13.2 Å². The van der Waals surface area contributed by atoms with Crippen molar-refractivity contribution < 1.29 is 17.9 Å². The van der Waals surface area contributed by atoms with Crippen LogP contribution in [0.15, 0.2) is 23.1 Å². The van der Waals surface area contributed by atoms with Crippen LogP contribution in [0.25, 0.3) is 0 Å². The minimum Gasteiger partial charge on any atom is -0.495 e. The molecule has 0 radical (unpaired) electrons. The van der Waals surface area contributed by atoms with E-state index in [9.17, 15) is 13.2 Å². The Bertz CT molecular complexity index is 781. The summed E-state index contributed by atoms with van der Waals surface area (Å²) in [6.07, 6.45) is 5.67. The average molecular weight is 432 g/mol. The predicted molar refractivity (Wildman–Crippen MR) is 111 cm³/mol. The number of hydrogen-bond acceptors (Lipinski definition) is 5. The molecule has 1 amide bonds. The van der Waals surface area contributed by atoms with Crippen molar-refractivity contribution in [2.75, 3.05) is 27.2 Å². The maximum atomic E-state index is 13.0. The van der Waals surface area contributed by atoms with Gasteiger partial charge in [0.1, 0.15) is 10.6 Å². The van der Waals surface area contributed by atoms with Crippen molar-refractivity contribution in [1.29, 1.82) is 0 Å². The zero-order valence-electron chi connectivity index (χ0n) is 16.4. The summed E-state index contributed by atoms with van der Waals surface area (Å²) in [5.41, 5.74) is 0.380. The third kappa shape index (κ3) is 4.97. The Morgan fingerprint density at radius 1 is 1.21 bits per heavy atom. The number of ether oxygens (including phenoxy) is 1. The van der Waals surface area contributed by atoms with E-state index in [1.807, 2.05) is 11.9 Å². The molecular formula is C19H30ClN3O4S. The number of carbonyl (C=O) groups is 1. The molecule has 158 valence electrons. The highest BCUT2D eigenvalue weighted by Crippen LogP contribution is 2.29. The molecule has 7 nitrogen and oxygen atoms in total. The molecule has 1 aromatic rings. The number of carbonyl (C=O) groups excluding carboxylic acids is 1. The quantitative estimate of drug-likeness (QED) is 0.690. The molecule has 1 aromatic carbocycles. The zero-order chi connectivity index (χ0) is 19.4. The second-order valence-electron chi connectivity index (χ2n) is 7.32. The summed E-state index contributed by atoms with van der Waals surface area (Å²) in [6, 6.07) is 4.76. The highest BCUT2D eigenvalue weighted by atomic mass is 35.5. The lowest BCUT2D eigenvalue weighted by molar-refractivity contribution is 0.0736. The Labute approximate surface area is 173 Å². The molecule has 1 saturated carbocycles. The molecule has 1 atom stereocenters. The van der Waals surface area contributed by atoms with E-state index in [4.69, 9.17) is 4.74 Å². The summed E-state index contributed by atoms with van der Waals surface area (Å²) in [5, 5.41) is 3.12. The second-order valence-corrected chi connectivity index (χ2v) is 9.00. The van der Waals surface area contributed by atoms with Crippen LogP contribution in [0.3, 0.4) is 0 Å². The monoisotopic (exact) mass is 431 g/mol. The van der Waals surface area contributed by atoms with Gasteiger partial charge in [-0.25, -0.2) is 13.1 Å². The van der Waals surface area contributed by atoms with Crippen LogP contribution in [0.1, 0.15) is 48.9 Å². The standard InChI is InChI=1S/C19H29N3O4S.ClH/c1-20-13-16-8-5-11-22(16)19(23)14-9-10-17(26-2)18(12-14)27(24,25)21-15-6-3-4-7-15;/h9-10,12,15-16,20-21H,3-8,11,13H2,1-2H3;1H. The Morgan fingerprint density at radius 2 is 1.93 bits per heavy atom. The van der Waals surface area contributed by atoms with E-state index >= 15 is 0 Å². The van der Waals surface area contributed by atoms with Gasteiger partial charge < -0.3 is 15.0 Å². The molecule has 0 bridgehead atoms.